The van der Waals surface area contributed by atoms with Gasteiger partial charge in [0, 0.05) is 12.5 Å². The van der Waals surface area contributed by atoms with Crippen LogP contribution in [0.15, 0.2) is 30.3 Å². The van der Waals surface area contributed by atoms with E-state index < -0.39 is 0 Å². The summed E-state index contributed by atoms with van der Waals surface area (Å²) in [5, 5.41) is 2.84. The highest BCUT2D eigenvalue weighted by Gasteiger charge is 2.20. The summed E-state index contributed by atoms with van der Waals surface area (Å²) in [6.45, 7) is 0.968. The number of benzene rings is 1. The number of carbonyl (C=O) groups excluding carboxylic acids is 1. The van der Waals surface area contributed by atoms with Crippen molar-refractivity contribution in [1.29, 1.82) is 0 Å². The number of carbonyl (C=O) groups is 1. The van der Waals surface area contributed by atoms with Crippen LogP contribution in [0.5, 0.6) is 0 Å². The van der Waals surface area contributed by atoms with Gasteiger partial charge in [0.2, 0.25) is 0 Å². The van der Waals surface area contributed by atoms with E-state index in [1.165, 1.54) is 0 Å². The summed E-state index contributed by atoms with van der Waals surface area (Å²) in [5.41, 5.74) is 0.993. The van der Waals surface area contributed by atoms with E-state index in [0.717, 1.165) is 31.2 Å². The summed E-state index contributed by atoms with van der Waals surface area (Å²) in [6, 6.07) is 9.67. The Bertz CT molecular complexity index is 464. The lowest BCUT2D eigenvalue weighted by Crippen LogP contribution is -2.32. The molecule has 1 fully saturated rings. The van der Waals surface area contributed by atoms with Crippen LogP contribution in [-0.4, -0.2) is 12.6 Å². The van der Waals surface area contributed by atoms with E-state index in [4.69, 9.17) is 11.2 Å². The number of hydrogen-bond acceptors (Lipinski definition) is 2. The lowest BCUT2D eigenvalue weighted by atomic mass is 9.82. The lowest BCUT2D eigenvalue weighted by molar-refractivity contribution is 0.136. The molecule has 0 heterocycles. The van der Waals surface area contributed by atoms with Gasteiger partial charge in [0.25, 0.3) is 0 Å². The van der Waals surface area contributed by atoms with E-state index in [1.54, 1.807) is 0 Å². The molecule has 0 unspecified atom stereocenters. The van der Waals surface area contributed by atoms with Crippen molar-refractivity contribution >= 4 is 6.09 Å². The van der Waals surface area contributed by atoms with Gasteiger partial charge in [0.15, 0.2) is 0 Å². The predicted molar refractivity (Wildman–Crippen MR) is 78.9 cm³/mol. The Labute approximate surface area is 120 Å². The van der Waals surface area contributed by atoms with Crippen molar-refractivity contribution in [3.8, 4) is 12.3 Å². The summed E-state index contributed by atoms with van der Waals surface area (Å²) in [7, 11) is 0. The second-order valence-electron chi connectivity index (χ2n) is 5.34. The fourth-order valence-electron chi connectivity index (χ4n) is 2.63. The summed E-state index contributed by atoms with van der Waals surface area (Å²) >= 11 is 0. The van der Waals surface area contributed by atoms with Crippen LogP contribution in [-0.2, 0) is 11.3 Å². The summed E-state index contributed by atoms with van der Waals surface area (Å²) in [6.07, 6.45) is 9.54. The molecule has 0 radical (unpaired) electrons. The molecule has 106 valence electrons. The van der Waals surface area contributed by atoms with Gasteiger partial charge >= 0.3 is 6.09 Å². The largest absolute Gasteiger partial charge is 0.445 e. The standard InChI is InChI=1S/C17H21NO2/c1-2-14-9-6-10-16(11-14)12-18-17(19)20-13-15-7-4-3-5-8-15/h1,3-5,7-8,14,16H,6,9-13H2,(H,18,19)/t14-,16+/m0/s1. The van der Waals surface area contributed by atoms with Crippen LogP contribution in [0.25, 0.3) is 0 Å². The van der Waals surface area contributed by atoms with Gasteiger partial charge in [-0.1, -0.05) is 36.8 Å². The molecule has 1 N–H and O–H groups in total. The van der Waals surface area contributed by atoms with E-state index in [2.05, 4.69) is 11.2 Å². The Hall–Kier alpha value is -1.95. The molecule has 1 aromatic rings. The number of alkyl carbamates (subject to hydrolysis) is 1. The smallest absolute Gasteiger partial charge is 0.407 e. The highest BCUT2D eigenvalue weighted by atomic mass is 16.5. The molecule has 1 aliphatic rings. The van der Waals surface area contributed by atoms with Crippen molar-refractivity contribution in [2.75, 3.05) is 6.54 Å². The van der Waals surface area contributed by atoms with Gasteiger partial charge in [-0.15, -0.1) is 12.3 Å². The second-order valence-corrected chi connectivity index (χ2v) is 5.34. The van der Waals surface area contributed by atoms with Gasteiger partial charge < -0.3 is 10.1 Å². The van der Waals surface area contributed by atoms with Crippen molar-refractivity contribution in [2.45, 2.75) is 32.3 Å². The van der Waals surface area contributed by atoms with Crippen molar-refractivity contribution < 1.29 is 9.53 Å². The number of terminal acetylenes is 1. The lowest BCUT2D eigenvalue weighted by Gasteiger charge is -2.26. The summed E-state index contributed by atoms with van der Waals surface area (Å²) in [4.78, 5) is 11.6. The minimum Gasteiger partial charge on any atom is -0.445 e. The van der Waals surface area contributed by atoms with Crippen LogP contribution in [0.1, 0.15) is 31.2 Å². The van der Waals surface area contributed by atoms with Gasteiger partial charge in [-0.05, 0) is 30.7 Å². The molecule has 1 aliphatic carbocycles. The number of ether oxygens (including phenoxy) is 1. The zero-order chi connectivity index (χ0) is 14.2. The van der Waals surface area contributed by atoms with Gasteiger partial charge in [-0.2, -0.15) is 0 Å². The predicted octanol–water partition coefficient (Wildman–Crippen LogP) is 3.35. The van der Waals surface area contributed by atoms with Crippen molar-refractivity contribution in [3.05, 3.63) is 35.9 Å². The molecule has 3 nitrogen and oxygen atoms in total. The SMILES string of the molecule is C#C[C@H]1CCC[C@@H](CNC(=O)OCc2ccccc2)C1. The van der Waals surface area contributed by atoms with E-state index in [1.807, 2.05) is 30.3 Å². The summed E-state index contributed by atoms with van der Waals surface area (Å²) < 4.78 is 5.18. The number of hydrogen-bond donors (Lipinski definition) is 1. The van der Waals surface area contributed by atoms with Gasteiger partial charge in [0.1, 0.15) is 6.61 Å². The maximum atomic E-state index is 11.6. The number of rotatable bonds is 4. The molecule has 0 bridgehead atoms. The fourth-order valence-corrected chi connectivity index (χ4v) is 2.63. The van der Waals surface area contributed by atoms with E-state index >= 15 is 0 Å². The Kier molecular flexibility index (Phi) is 5.49. The number of amides is 1. The van der Waals surface area contributed by atoms with E-state index in [9.17, 15) is 4.79 Å². The first kappa shape index (κ1) is 14.5. The zero-order valence-electron chi connectivity index (χ0n) is 11.7. The van der Waals surface area contributed by atoms with Crippen LogP contribution in [0.2, 0.25) is 0 Å². The maximum absolute atomic E-state index is 11.6. The second kappa shape index (κ2) is 7.59. The quantitative estimate of drug-likeness (QED) is 0.853. The molecule has 1 aromatic carbocycles. The molecule has 1 saturated carbocycles. The third-order valence-corrected chi connectivity index (χ3v) is 3.77. The summed E-state index contributed by atoms with van der Waals surface area (Å²) in [5.74, 6) is 3.68. The molecular formula is C17H21NO2. The van der Waals surface area contributed by atoms with Crippen LogP contribution < -0.4 is 5.32 Å². The molecule has 1 amide bonds. The van der Waals surface area contributed by atoms with E-state index in [0.29, 0.717) is 25.0 Å². The normalized spacial score (nSPS) is 21.8. The first-order chi connectivity index (χ1) is 9.78. The average Bonchev–Trinajstić information content (AvgIpc) is 2.52. The van der Waals surface area contributed by atoms with Crippen LogP contribution in [0.4, 0.5) is 4.79 Å². The highest BCUT2D eigenvalue weighted by molar-refractivity contribution is 5.67. The molecule has 0 aliphatic heterocycles. The molecule has 20 heavy (non-hydrogen) atoms. The van der Waals surface area contributed by atoms with E-state index in [-0.39, 0.29) is 6.09 Å². The van der Waals surface area contributed by atoms with Crippen molar-refractivity contribution in [3.63, 3.8) is 0 Å². The van der Waals surface area contributed by atoms with Crippen molar-refractivity contribution in [2.24, 2.45) is 11.8 Å². The Morgan fingerprint density at radius 1 is 1.35 bits per heavy atom. The monoisotopic (exact) mass is 271 g/mol. The van der Waals surface area contributed by atoms with Gasteiger partial charge in [0.05, 0.1) is 0 Å². The maximum Gasteiger partial charge on any atom is 0.407 e. The minimum atomic E-state index is -0.350. The first-order valence-corrected chi connectivity index (χ1v) is 7.18. The molecule has 2 atom stereocenters. The average molecular weight is 271 g/mol. The first-order valence-electron chi connectivity index (χ1n) is 7.18. The molecule has 2 rings (SSSR count). The molecule has 0 aromatic heterocycles. The van der Waals surface area contributed by atoms with Crippen LogP contribution in [0.3, 0.4) is 0 Å². The molecule has 0 spiro atoms. The topological polar surface area (TPSA) is 38.3 Å². The fraction of sp³-hybridized carbons (Fsp3) is 0.471. The Morgan fingerprint density at radius 3 is 2.90 bits per heavy atom. The molecule has 0 saturated heterocycles. The molecule has 3 heteroatoms. The number of nitrogens with one attached hydrogen (secondary N) is 1. The van der Waals surface area contributed by atoms with Crippen LogP contribution in [0, 0.1) is 24.2 Å². The molecular weight excluding hydrogens is 250 g/mol. The third-order valence-electron chi connectivity index (χ3n) is 3.77. The Balaban J connectivity index is 1.66. The third kappa shape index (κ3) is 4.62. The van der Waals surface area contributed by atoms with Gasteiger partial charge in [-0.3, -0.25) is 0 Å². The Morgan fingerprint density at radius 2 is 2.15 bits per heavy atom. The van der Waals surface area contributed by atoms with Crippen LogP contribution >= 0.6 is 0 Å². The van der Waals surface area contributed by atoms with Gasteiger partial charge in [-0.25, -0.2) is 4.79 Å². The highest BCUT2D eigenvalue weighted by Crippen LogP contribution is 2.27. The zero-order valence-corrected chi connectivity index (χ0v) is 11.7. The van der Waals surface area contributed by atoms with Crippen molar-refractivity contribution in [1.82, 2.24) is 5.32 Å². The minimum absolute atomic E-state index is 0.310.